The summed E-state index contributed by atoms with van der Waals surface area (Å²) in [5.74, 6) is -0.142. The molecule has 1 fully saturated rings. The highest BCUT2D eigenvalue weighted by Gasteiger charge is 2.30. The average molecular weight is 453 g/mol. The maximum atomic E-state index is 13.1. The van der Waals surface area contributed by atoms with Crippen LogP contribution in [0.25, 0.3) is 22.2 Å². The van der Waals surface area contributed by atoms with Gasteiger partial charge in [-0.3, -0.25) is 4.79 Å². The van der Waals surface area contributed by atoms with Gasteiger partial charge in [-0.25, -0.2) is 9.78 Å². The molecule has 1 atom stereocenters. The summed E-state index contributed by atoms with van der Waals surface area (Å²) in [5.41, 5.74) is 10.4. The fourth-order valence-electron chi connectivity index (χ4n) is 4.14. The largest absolute Gasteiger partial charge is 0.465 e. The Morgan fingerprint density at radius 2 is 1.91 bits per heavy atom. The summed E-state index contributed by atoms with van der Waals surface area (Å²) in [7, 11) is 0. The van der Waals surface area contributed by atoms with Crippen LogP contribution in [0.15, 0.2) is 42.5 Å². The Morgan fingerprint density at radius 3 is 2.53 bits per heavy atom. The molecule has 166 valence electrons. The third-order valence-electron chi connectivity index (χ3n) is 6.02. The highest BCUT2D eigenvalue weighted by Crippen LogP contribution is 2.33. The lowest BCUT2D eigenvalue weighted by Crippen LogP contribution is -2.55. The van der Waals surface area contributed by atoms with Crippen LogP contribution >= 0.6 is 11.6 Å². The van der Waals surface area contributed by atoms with Gasteiger partial charge in [0.25, 0.3) is 5.91 Å². The molecule has 2 aromatic carbocycles. The lowest BCUT2D eigenvalue weighted by molar-refractivity contribution is 0.0507. The number of hydrogen-bond donors (Lipinski definition) is 2. The first-order valence-electron chi connectivity index (χ1n) is 10.5. The summed E-state index contributed by atoms with van der Waals surface area (Å²) in [5, 5.41) is 10.7. The first-order chi connectivity index (χ1) is 15.3. The van der Waals surface area contributed by atoms with Gasteiger partial charge in [0.15, 0.2) is 0 Å². The summed E-state index contributed by atoms with van der Waals surface area (Å²) >= 11 is 6.67. The van der Waals surface area contributed by atoms with Gasteiger partial charge in [0.1, 0.15) is 0 Å². The fraction of sp³-hybridized carbons (Fsp3) is 0.292. The van der Waals surface area contributed by atoms with Crippen LogP contribution in [0.2, 0.25) is 5.02 Å². The van der Waals surface area contributed by atoms with Gasteiger partial charge in [-0.05, 0) is 37.1 Å². The lowest BCUT2D eigenvalue weighted by Gasteiger charge is -2.38. The van der Waals surface area contributed by atoms with Crippen molar-refractivity contribution in [2.75, 3.05) is 19.6 Å². The van der Waals surface area contributed by atoms with Crippen LogP contribution < -0.4 is 5.73 Å². The van der Waals surface area contributed by atoms with Crippen molar-refractivity contribution >= 4 is 34.5 Å². The SMILES string of the molecule is Cc1c(-c2ccc(CN)cc2)nc2cc(C(=O)N3CCN(C(=O)O)C(C)C3)ccc2c1Cl. The molecule has 32 heavy (non-hydrogen) atoms. The number of aromatic nitrogens is 1. The number of carbonyl (C=O) groups is 2. The first kappa shape index (κ1) is 22.0. The van der Waals surface area contributed by atoms with Gasteiger partial charge >= 0.3 is 6.09 Å². The van der Waals surface area contributed by atoms with Crippen molar-refractivity contribution in [2.24, 2.45) is 5.73 Å². The fourth-order valence-corrected chi connectivity index (χ4v) is 4.39. The molecule has 3 N–H and O–H groups in total. The number of rotatable bonds is 3. The summed E-state index contributed by atoms with van der Waals surface area (Å²) in [6.45, 7) is 5.21. The van der Waals surface area contributed by atoms with Gasteiger partial charge in [-0.1, -0.05) is 41.9 Å². The lowest BCUT2D eigenvalue weighted by atomic mass is 10.0. The molecule has 0 spiro atoms. The molecule has 0 saturated carbocycles. The molecule has 0 radical (unpaired) electrons. The molecular formula is C24H25ClN4O3. The monoisotopic (exact) mass is 452 g/mol. The van der Waals surface area contributed by atoms with E-state index in [1.165, 1.54) is 4.90 Å². The summed E-state index contributed by atoms with van der Waals surface area (Å²) < 4.78 is 0. The Morgan fingerprint density at radius 1 is 1.19 bits per heavy atom. The van der Waals surface area contributed by atoms with E-state index in [1.807, 2.05) is 37.3 Å². The molecule has 4 rings (SSSR count). The van der Waals surface area contributed by atoms with Crippen LogP contribution in [0.5, 0.6) is 0 Å². The number of fused-ring (bicyclic) bond motifs is 1. The molecular weight excluding hydrogens is 428 g/mol. The van der Waals surface area contributed by atoms with Crippen LogP contribution in [0.3, 0.4) is 0 Å². The Balaban J connectivity index is 1.68. The molecule has 0 aliphatic carbocycles. The number of nitrogens with zero attached hydrogens (tertiary/aromatic N) is 3. The quantitative estimate of drug-likeness (QED) is 0.621. The molecule has 1 saturated heterocycles. The number of carbonyl (C=O) groups excluding carboxylic acids is 1. The van der Waals surface area contributed by atoms with E-state index in [9.17, 15) is 14.7 Å². The van der Waals surface area contributed by atoms with Gasteiger partial charge in [0, 0.05) is 48.7 Å². The summed E-state index contributed by atoms with van der Waals surface area (Å²) in [4.78, 5) is 32.3. The van der Waals surface area contributed by atoms with Crippen LogP contribution in [0, 0.1) is 6.92 Å². The van der Waals surface area contributed by atoms with Crippen LogP contribution in [0.1, 0.15) is 28.4 Å². The van der Waals surface area contributed by atoms with Gasteiger partial charge in [-0.2, -0.15) is 0 Å². The number of amides is 2. The smallest absolute Gasteiger partial charge is 0.407 e. The third-order valence-corrected chi connectivity index (χ3v) is 6.51. The Bertz CT molecular complexity index is 1200. The molecule has 0 bridgehead atoms. The van der Waals surface area contributed by atoms with E-state index >= 15 is 0 Å². The van der Waals surface area contributed by atoms with Gasteiger partial charge in [-0.15, -0.1) is 0 Å². The van der Waals surface area contributed by atoms with Crippen molar-refractivity contribution in [3.63, 3.8) is 0 Å². The summed E-state index contributed by atoms with van der Waals surface area (Å²) in [6, 6.07) is 12.9. The number of carboxylic acid groups (broad SMARTS) is 1. The zero-order valence-corrected chi connectivity index (χ0v) is 18.8. The van der Waals surface area contributed by atoms with E-state index in [-0.39, 0.29) is 11.9 Å². The van der Waals surface area contributed by atoms with Crippen molar-refractivity contribution in [1.29, 1.82) is 0 Å². The maximum Gasteiger partial charge on any atom is 0.407 e. The minimum absolute atomic E-state index is 0.142. The molecule has 2 amide bonds. The molecule has 2 heterocycles. The summed E-state index contributed by atoms with van der Waals surface area (Å²) in [6.07, 6.45) is -0.962. The Hall–Kier alpha value is -3.16. The van der Waals surface area contributed by atoms with E-state index < -0.39 is 6.09 Å². The van der Waals surface area contributed by atoms with E-state index in [4.69, 9.17) is 22.3 Å². The highest BCUT2D eigenvalue weighted by molar-refractivity contribution is 6.36. The van der Waals surface area contributed by atoms with E-state index in [2.05, 4.69) is 0 Å². The second-order valence-electron chi connectivity index (χ2n) is 8.11. The van der Waals surface area contributed by atoms with Crippen LogP contribution in [-0.4, -0.2) is 57.6 Å². The molecule has 3 aromatic rings. The molecule has 1 unspecified atom stereocenters. The molecule has 8 heteroatoms. The topological polar surface area (TPSA) is 99.8 Å². The zero-order chi connectivity index (χ0) is 23.0. The van der Waals surface area contributed by atoms with Crippen molar-refractivity contribution in [1.82, 2.24) is 14.8 Å². The Kier molecular flexibility index (Phi) is 6.04. The molecule has 1 aliphatic rings. The normalized spacial score (nSPS) is 16.4. The number of nitrogens with two attached hydrogens (primary N) is 1. The maximum absolute atomic E-state index is 13.1. The van der Waals surface area contributed by atoms with Crippen molar-refractivity contribution in [2.45, 2.75) is 26.4 Å². The van der Waals surface area contributed by atoms with Gasteiger partial charge < -0.3 is 20.6 Å². The first-order valence-corrected chi connectivity index (χ1v) is 10.9. The second-order valence-corrected chi connectivity index (χ2v) is 8.49. The zero-order valence-electron chi connectivity index (χ0n) is 18.0. The predicted octanol–water partition coefficient (Wildman–Crippen LogP) is 4.15. The van der Waals surface area contributed by atoms with Crippen molar-refractivity contribution < 1.29 is 14.7 Å². The average Bonchev–Trinajstić information content (AvgIpc) is 2.80. The third kappa shape index (κ3) is 4.01. The molecule has 1 aliphatic heterocycles. The molecule has 1 aromatic heterocycles. The van der Waals surface area contributed by atoms with Crippen molar-refractivity contribution in [3.8, 4) is 11.3 Å². The van der Waals surface area contributed by atoms with E-state index in [1.54, 1.807) is 24.0 Å². The van der Waals surface area contributed by atoms with Crippen LogP contribution in [-0.2, 0) is 6.54 Å². The standard InChI is InChI=1S/C24H25ClN4O3/c1-14-13-28(9-10-29(14)24(31)32)23(30)18-7-8-19-20(11-18)27-22(15(2)21(19)25)17-5-3-16(12-26)4-6-17/h3-8,11,14H,9-10,12-13,26H2,1-2H3,(H,31,32). The number of halogens is 1. The molecule has 7 nitrogen and oxygen atoms in total. The number of benzene rings is 2. The van der Waals surface area contributed by atoms with Crippen molar-refractivity contribution in [3.05, 3.63) is 64.2 Å². The predicted molar refractivity (Wildman–Crippen MR) is 125 cm³/mol. The van der Waals surface area contributed by atoms with Gasteiger partial charge in [0.05, 0.1) is 16.2 Å². The van der Waals surface area contributed by atoms with Crippen LogP contribution in [0.4, 0.5) is 4.79 Å². The minimum atomic E-state index is -0.962. The Labute approximate surface area is 191 Å². The van der Waals surface area contributed by atoms with E-state index in [0.717, 1.165) is 27.8 Å². The van der Waals surface area contributed by atoms with Gasteiger partial charge in [0.2, 0.25) is 0 Å². The second kappa shape index (κ2) is 8.76. The number of pyridine rings is 1. The number of hydrogen-bond acceptors (Lipinski definition) is 4. The minimum Gasteiger partial charge on any atom is -0.465 e. The highest BCUT2D eigenvalue weighted by atomic mass is 35.5. The van der Waals surface area contributed by atoms with E-state index in [0.29, 0.717) is 42.3 Å². The number of piperazine rings is 1.